The molecule has 0 saturated heterocycles. The molecule has 0 unspecified atom stereocenters. The van der Waals surface area contributed by atoms with Crippen molar-refractivity contribution in [1.29, 1.82) is 0 Å². The van der Waals surface area contributed by atoms with E-state index in [-0.39, 0.29) is 22.7 Å². The number of carboxylic acids is 1. The molecule has 0 spiro atoms. The molecule has 3 fully saturated rings. The quantitative estimate of drug-likeness (QED) is 0.537. The number of carboxylic acid groups (broad SMARTS) is 1. The van der Waals surface area contributed by atoms with Crippen LogP contribution in [-0.2, 0) is 4.79 Å². The van der Waals surface area contributed by atoms with Crippen LogP contribution in [0.15, 0.2) is 12.2 Å². The van der Waals surface area contributed by atoms with Crippen molar-refractivity contribution in [3.63, 3.8) is 0 Å². The number of hydrogen-bond donors (Lipinski definition) is 3. The van der Waals surface area contributed by atoms with Crippen LogP contribution in [0.25, 0.3) is 0 Å². The Kier molecular flexibility index (Phi) is 4.38. The van der Waals surface area contributed by atoms with Crippen LogP contribution < -0.4 is 0 Å². The summed E-state index contributed by atoms with van der Waals surface area (Å²) in [6.07, 6.45) is 8.49. The highest BCUT2D eigenvalue weighted by Crippen LogP contribution is 2.67. The topological polar surface area (TPSA) is 57.5 Å². The van der Waals surface area contributed by atoms with Gasteiger partial charge in [0.05, 0.1) is 5.41 Å². The van der Waals surface area contributed by atoms with E-state index in [9.17, 15) is 15.0 Å². The summed E-state index contributed by atoms with van der Waals surface area (Å²) in [6.45, 7) is 6.35. The third kappa shape index (κ3) is 2.48. The first kappa shape index (κ1) is 17.3. The lowest BCUT2D eigenvalue weighted by atomic mass is 9.45. The zero-order valence-corrected chi connectivity index (χ0v) is 15.1. The Bertz CT molecular complexity index is 519. The molecule has 3 saturated carbocycles. The van der Waals surface area contributed by atoms with Gasteiger partial charge in [-0.25, -0.2) is 0 Å². The number of thiol groups is 1. The van der Waals surface area contributed by atoms with Crippen molar-refractivity contribution >= 4 is 18.6 Å². The van der Waals surface area contributed by atoms with Crippen LogP contribution in [0.5, 0.6) is 0 Å². The fourth-order valence-corrected chi connectivity index (χ4v) is 7.30. The molecule has 3 nitrogen and oxygen atoms in total. The number of allylic oxidation sites excluding steroid dienone is 1. The molecular weight excluding hydrogens is 308 g/mol. The lowest BCUT2D eigenvalue weighted by Gasteiger charge is -2.63. The molecule has 0 aliphatic heterocycles. The molecule has 3 rings (SSSR count). The fraction of sp³-hybridized carbons (Fsp3) is 0.842. The zero-order valence-electron chi connectivity index (χ0n) is 14.2. The largest absolute Gasteiger partial charge is 0.481 e. The lowest BCUT2D eigenvalue weighted by molar-refractivity contribution is -0.161. The molecule has 0 aromatic carbocycles. The standard InChI is InChI=1S/C19H30O3S/c1-13-4-5-15-18(12-13,10-11-20)9-6-14-17(2,16(21)22)7-3-8-19(14,15)23/h14-15,20,23H,1,3-12H2,2H3,(H,21,22)/t14-,15-,17-,18+,19+/m1/s1. The van der Waals surface area contributed by atoms with E-state index in [1.165, 1.54) is 5.57 Å². The van der Waals surface area contributed by atoms with Crippen molar-refractivity contribution in [2.24, 2.45) is 22.7 Å². The molecule has 0 heterocycles. The van der Waals surface area contributed by atoms with E-state index in [4.69, 9.17) is 12.6 Å². The third-order valence-electron chi connectivity index (χ3n) is 7.41. The van der Waals surface area contributed by atoms with Gasteiger partial charge in [0.1, 0.15) is 0 Å². The van der Waals surface area contributed by atoms with Gasteiger partial charge in [-0.05, 0) is 75.5 Å². The number of carbonyl (C=O) groups is 1. The van der Waals surface area contributed by atoms with E-state index in [0.717, 1.165) is 57.8 Å². The third-order valence-corrected chi connectivity index (χ3v) is 8.25. The highest BCUT2D eigenvalue weighted by Gasteiger charge is 2.63. The molecule has 5 atom stereocenters. The number of hydrogen-bond acceptors (Lipinski definition) is 3. The van der Waals surface area contributed by atoms with Crippen LogP contribution in [0, 0.1) is 22.7 Å². The van der Waals surface area contributed by atoms with Gasteiger partial charge in [0, 0.05) is 11.4 Å². The van der Waals surface area contributed by atoms with E-state index in [0.29, 0.717) is 5.92 Å². The summed E-state index contributed by atoms with van der Waals surface area (Å²) in [4.78, 5) is 12.0. The molecule has 130 valence electrons. The van der Waals surface area contributed by atoms with Crippen LogP contribution >= 0.6 is 12.6 Å². The van der Waals surface area contributed by atoms with Gasteiger partial charge in [-0.1, -0.05) is 18.6 Å². The first-order valence-corrected chi connectivity index (χ1v) is 9.46. The SMILES string of the molecule is C=C1CC[C@@H]2[C@](CCO)(CC[C@H]3[C@@]2(S)CCC[C@@]3(C)C(=O)O)C1. The lowest BCUT2D eigenvalue weighted by Crippen LogP contribution is -2.61. The second-order valence-corrected chi connectivity index (χ2v) is 9.35. The van der Waals surface area contributed by atoms with Gasteiger partial charge in [-0.2, -0.15) is 12.6 Å². The van der Waals surface area contributed by atoms with Crippen LogP contribution in [0.2, 0.25) is 0 Å². The maximum Gasteiger partial charge on any atom is 0.309 e. The maximum absolute atomic E-state index is 12.0. The monoisotopic (exact) mass is 338 g/mol. The van der Waals surface area contributed by atoms with Gasteiger partial charge in [0.15, 0.2) is 0 Å². The Balaban J connectivity index is 2.01. The molecule has 0 radical (unpaired) electrons. The summed E-state index contributed by atoms with van der Waals surface area (Å²) in [5.74, 6) is -0.128. The van der Waals surface area contributed by atoms with Crippen molar-refractivity contribution < 1.29 is 15.0 Å². The second kappa shape index (κ2) is 5.80. The zero-order chi connectivity index (χ0) is 16.9. The number of aliphatic hydroxyl groups excluding tert-OH is 1. The first-order valence-electron chi connectivity index (χ1n) is 9.02. The molecule has 0 aromatic rings. The molecule has 23 heavy (non-hydrogen) atoms. The van der Waals surface area contributed by atoms with Gasteiger partial charge in [-0.15, -0.1) is 0 Å². The van der Waals surface area contributed by atoms with Gasteiger partial charge in [-0.3, -0.25) is 4.79 Å². The summed E-state index contributed by atoms with van der Waals surface area (Å²) in [5, 5.41) is 19.5. The van der Waals surface area contributed by atoms with Crippen molar-refractivity contribution in [2.45, 2.75) is 69.5 Å². The van der Waals surface area contributed by atoms with E-state index in [1.54, 1.807) is 0 Å². The van der Waals surface area contributed by atoms with Crippen LogP contribution in [0.1, 0.15) is 64.7 Å². The Labute approximate surface area is 145 Å². The predicted octanol–water partition coefficient (Wildman–Crippen LogP) is 4.06. The maximum atomic E-state index is 12.0. The number of rotatable bonds is 3. The molecule has 0 aromatic heterocycles. The average molecular weight is 339 g/mol. The van der Waals surface area contributed by atoms with Crippen LogP contribution in [-0.4, -0.2) is 27.5 Å². The number of fused-ring (bicyclic) bond motifs is 3. The van der Waals surface area contributed by atoms with Crippen molar-refractivity contribution in [3.8, 4) is 0 Å². The highest BCUT2D eigenvalue weighted by molar-refractivity contribution is 7.81. The van der Waals surface area contributed by atoms with Crippen molar-refractivity contribution in [3.05, 3.63) is 12.2 Å². The van der Waals surface area contributed by atoms with E-state index < -0.39 is 11.4 Å². The summed E-state index contributed by atoms with van der Waals surface area (Å²) < 4.78 is -0.209. The minimum atomic E-state index is -0.657. The molecule has 0 bridgehead atoms. The van der Waals surface area contributed by atoms with E-state index in [1.807, 2.05) is 6.92 Å². The van der Waals surface area contributed by atoms with Gasteiger partial charge < -0.3 is 10.2 Å². The van der Waals surface area contributed by atoms with Gasteiger partial charge >= 0.3 is 5.97 Å². The Morgan fingerprint density at radius 2 is 2.04 bits per heavy atom. The normalized spacial score (nSPS) is 46.8. The Morgan fingerprint density at radius 1 is 1.30 bits per heavy atom. The number of aliphatic hydroxyl groups is 1. The molecule has 3 aliphatic carbocycles. The molecule has 0 amide bonds. The molecular formula is C19H30O3S. The van der Waals surface area contributed by atoms with E-state index >= 15 is 0 Å². The Morgan fingerprint density at radius 3 is 2.70 bits per heavy atom. The summed E-state index contributed by atoms with van der Waals surface area (Å²) >= 11 is 5.21. The summed E-state index contributed by atoms with van der Waals surface area (Å²) in [5.41, 5.74) is 0.723. The smallest absolute Gasteiger partial charge is 0.309 e. The van der Waals surface area contributed by atoms with Crippen molar-refractivity contribution in [1.82, 2.24) is 0 Å². The van der Waals surface area contributed by atoms with Gasteiger partial charge in [0.2, 0.25) is 0 Å². The molecule has 3 aliphatic rings. The minimum absolute atomic E-state index is 0.0824. The van der Waals surface area contributed by atoms with Gasteiger partial charge in [0.25, 0.3) is 0 Å². The highest BCUT2D eigenvalue weighted by atomic mass is 32.1. The van der Waals surface area contributed by atoms with Crippen LogP contribution in [0.4, 0.5) is 0 Å². The molecule has 2 N–H and O–H groups in total. The summed E-state index contributed by atoms with van der Waals surface area (Å²) in [7, 11) is 0. The average Bonchev–Trinajstić information content (AvgIpc) is 2.46. The molecule has 4 heteroatoms. The predicted molar refractivity (Wildman–Crippen MR) is 94.7 cm³/mol. The Hall–Kier alpha value is -0.480. The fourth-order valence-electron chi connectivity index (χ4n) is 6.33. The van der Waals surface area contributed by atoms with Crippen molar-refractivity contribution in [2.75, 3.05) is 6.61 Å². The number of aliphatic carboxylic acids is 1. The first-order chi connectivity index (χ1) is 10.8. The van der Waals surface area contributed by atoms with E-state index in [2.05, 4.69) is 6.58 Å². The second-order valence-electron chi connectivity index (χ2n) is 8.51. The minimum Gasteiger partial charge on any atom is -0.481 e. The van der Waals surface area contributed by atoms with Crippen LogP contribution in [0.3, 0.4) is 0 Å². The summed E-state index contributed by atoms with van der Waals surface area (Å²) in [6, 6.07) is 0.